The Morgan fingerprint density at radius 2 is 1.35 bits per heavy atom. The summed E-state index contributed by atoms with van der Waals surface area (Å²) in [4.78, 5) is 0. The van der Waals surface area contributed by atoms with Crippen molar-refractivity contribution in [3.63, 3.8) is 0 Å². The van der Waals surface area contributed by atoms with Crippen molar-refractivity contribution in [2.45, 2.75) is 44.8 Å². The van der Waals surface area contributed by atoms with Crippen molar-refractivity contribution in [1.82, 2.24) is 0 Å². The predicted octanol–water partition coefficient (Wildman–Crippen LogP) is 2.34. The summed E-state index contributed by atoms with van der Waals surface area (Å²) >= 11 is 0. The minimum atomic E-state index is -0.601. The highest BCUT2D eigenvalue weighted by molar-refractivity contribution is 6.47. The molecular formula is C16H26BNO5. The highest BCUT2D eigenvalue weighted by atomic mass is 16.7. The second-order valence-electron chi connectivity index (χ2n) is 6.60. The third-order valence-electron chi connectivity index (χ3n) is 4.65. The van der Waals surface area contributed by atoms with Gasteiger partial charge in [-0.3, -0.25) is 0 Å². The van der Waals surface area contributed by atoms with Crippen LogP contribution in [-0.2, 0) is 9.31 Å². The number of hydrogen-bond donors (Lipinski definition) is 1. The van der Waals surface area contributed by atoms with E-state index in [4.69, 9.17) is 29.3 Å². The lowest BCUT2D eigenvalue weighted by atomic mass is 9.74. The quantitative estimate of drug-likeness (QED) is 0.839. The molecule has 1 fully saturated rings. The zero-order valence-corrected chi connectivity index (χ0v) is 14.9. The first kappa shape index (κ1) is 17.9. The van der Waals surface area contributed by atoms with Gasteiger partial charge in [0.2, 0.25) is 0 Å². The van der Waals surface area contributed by atoms with Gasteiger partial charge in [-0.15, -0.1) is 0 Å². The molecule has 0 amide bonds. The Bertz CT molecular complexity index is 535. The van der Waals surface area contributed by atoms with E-state index in [2.05, 4.69) is 0 Å². The maximum Gasteiger partial charge on any atom is 0.480 e. The maximum absolute atomic E-state index is 6.44. The molecular weight excluding hydrogens is 297 g/mol. The van der Waals surface area contributed by atoms with Crippen LogP contribution in [0.1, 0.15) is 39.2 Å². The largest absolute Gasteiger partial charge is 0.496 e. The van der Waals surface area contributed by atoms with E-state index in [1.165, 1.54) is 0 Å². The van der Waals surface area contributed by atoms with Crippen molar-refractivity contribution in [3.05, 3.63) is 17.7 Å². The lowest BCUT2D eigenvalue weighted by Gasteiger charge is -2.32. The topological polar surface area (TPSA) is 72.2 Å². The van der Waals surface area contributed by atoms with Crippen LogP contribution in [0.5, 0.6) is 17.2 Å². The molecule has 128 valence electrons. The third kappa shape index (κ3) is 3.13. The summed E-state index contributed by atoms with van der Waals surface area (Å²) in [7, 11) is 4.14. The average molecular weight is 323 g/mol. The molecule has 6 nitrogen and oxygen atoms in total. The van der Waals surface area contributed by atoms with Crippen LogP contribution < -0.4 is 19.9 Å². The van der Waals surface area contributed by atoms with Gasteiger partial charge < -0.3 is 29.3 Å². The molecule has 0 spiro atoms. The van der Waals surface area contributed by atoms with Gasteiger partial charge >= 0.3 is 7.12 Å². The molecule has 0 bridgehead atoms. The fourth-order valence-electron chi connectivity index (χ4n) is 2.53. The fourth-order valence-corrected chi connectivity index (χ4v) is 2.53. The van der Waals surface area contributed by atoms with Crippen molar-refractivity contribution in [2.24, 2.45) is 5.73 Å². The molecule has 1 aliphatic heterocycles. The van der Waals surface area contributed by atoms with E-state index in [0.29, 0.717) is 22.8 Å². The Hall–Kier alpha value is -1.44. The first-order chi connectivity index (χ1) is 10.7. The Balaban J connectivity index is 2.42. The molecule has 0 unspecified atom stereocenters. The average Bonchev–Trinajstić information content (AvgIpc) is 2.73. The number of ether oxygens (including phenoxy) is 3. The number of nitrogens with two attached hydrogens (primary N) is 1. The number of benzene rings is 1. The zero-order valence-electron chi connectivity index (χ0n) is 14.9. The first-order valence-corrected chi connectivity index (χ1v) is 7.58. The lowest BCUT2D eigenvalue weighted by Crippen LogP contribution is -2.41. The van der Waals surface area contributed by atoms with Crippen LogP contribution in [0.2, 0.25) is 0 Å². The van der Waals surface area contributed by atoms with Crippen LogP contribution in [0.4, 0.5) is 0 Å². The van der Waals surface area contributed by atoms with Gasteiger partial charge in [-0.05, 0) is 27.7 Å². The van der Waals surface area contributed by atoms with E-state index in [9.17, 15) is 0 Å². The van der Waals surface area contributed by atoms with Crippen molar-refractivity contribution < 1.29 is 23.5 Å². The van der Waals surface area contributed by atoms with Gasteiger partial charge in [0.25, 0.3) is 0 Å². The third-order valence-corrected chi connectivity index (χ3v) is 4.65. The molecule has 1 heterocycles. The SMILES string of the molecule is COc1cc(OC)c([C@H](N)B2OC(C)(C)C(C)(C)O2)c(OC)c1. The summed E-state index contributed by atoms with van der Waals surface area (Å²) in [6.07, 6.45) is 0. The highest BCUT2D eigenvalue weighted by Crippen LogP contribution is 2.44. The predicted molar refractivity (Wildman–Crippen MR) is 89.1 cm³/mol. The molecule has 1 aliphatic rings. The monoisotopic (exact) mass is 323 g/mol. The molecule has 0 aliphatic carbocycles. The van der Waals surface area contributed by atoms with Crippen molar-refractivity contribution >= 4 is 7.12 Å². The van der Waals surface area contributed by atoms with Crippen LogP contribution >= 0.6 is 0 Å². The van der Waals surface area contributed by atoms with Crippen LogP contribution in [0.15, 0.2) is 12.1 Å². The molecule has 2 rings (SSSR count). The number of rotatable bonds is 5. The summed E-state index contributed by atoms with van der Waals surface area (Å²) in [5.41, 5.74) is 6.21. The molecule has 0 radical (unpaired) electrons. The second-order valence-corrected chi connectivity index (χ2v) is 6.60. The maximum atomic E-state index is 6.44. The van der Waals surface area contributed by atoms with E-state index in [1.807, 2.05) is 27.7 Å². The van der Waals surface area contributed by atoms with E-state index >= 15 is 0 Å². The Labute approximate surface area is 138 Å². The number of methoxy groups -OCH3 is 3. The van der Waals surface area contributed by atoms with E-state index in [1.54, 1.807) is 33.5 Å². The minimum absolute atomic E-state index is 0.456. The standard InChI is InChI=1S/C16H26BNO5/c1-15(2)16(3,4)23-17(22-15)14(18)13-11(20-6)8-10(19-5)9-12(13)21-7/h8-9,14H,18H2,1-7H3/t14-/m0/s1. The first-order valence-electron chi connectivity index (χ1n) is 7.58. The van der Waals surface area contributed by atoms with Gasteiger partial charge in [-0.25, -0.2) is 0 Å². The molecule has 7 heteroatoms. The van der Waals surface area contributed by atoms with Gasteiger partial charge in [-0.2, -0.15) is 0 Å². The van der Waals surface area contributed by atoms with E-state index < -0.39 is 24.3 Å². The van der Waals surface area contributed by atoms with Gasteiger partial charge in [0, 0.05) is 12.1 Å². The minimum Gasteiger partial charge on any atom is -0.496 e. The normalized spacial score (nSPS) is 20.3. The van der Waals surface area contributed by atoms with Crippen LogP contribution in [0.25, 0.3) is 0 Å². The van der Waals surface area contributed by atoms with Gasteiger partial charge in [0.15, 0.2) is 0 Å². The Morgan fingerprint density at radius 3 is 1.70 bits per heavy atom. The summed E-state index contributed by atoms with van der Waals surface area (Å²) in [6, 6.07) is 3.53. The van der Waals surface area contributed by atoms with Crippen LogP contribution in [0, 0.1) is 0 Å². The van der Waals surface area contributed by atoms with Gasteiger partial charge in [0.05, 0.1) is 44.0 Å². The summed E-state index contributed by atoms with van der Waals surface area (Å²) in [6.45, 7) is 7.95. The van der Waals surface area contributed by atoms with E-state index in [0.717, 1.165) is 0 Å². The van der Waals surface area contributed by atoms with Crippen LogP contribution in [0.3, 0.4) is 0 Å². The zero-order chi connectivity index (χ0) is 17.4. The molecule has 1 aromatic rings. The molecule has 1 saturated heterocycles. The second kappa shape index (κ2) is 6.22. The molecule has 2 N–H and O–H groups in total. The van der Waals surface area contributed by atoms with E-state index in [-0.39, 0.29) is 0 Å². The van der Waals surface area contributed by atoms with Crippen molar-refractivity contribution in [2.75, 3.05) is 21.3 Å². The Kier molecular flexibility index (Phi) is 4.85. The molecule has 0 aromatic heterocycles. The Morgan fingerprint density at radius 1 is 0.913 bits per heavy atom. The summed E-state index contributed by atoms with van der Waals surface area (Å²) < 4.78 is 28.3. The summed E-state index contributed by atoms with van der Waals surface area (Å²) in [5.74, 6) is 1.21. The molecule has 23 heavy (non-hydrogen) atoms. The lowest BCUT2D eigenvalue weighted by molar-refractivity contribution is 0.00578. The van der Waals surface area contributed by atoms with Crippen molar-refractivity contribution in [3.8, 4) is 17.2 Å². The highest BCUT2D eigenvalue weighted by Gasteiger charge is 2.54. The molecule has 0 saturated carbocycles. The number of hydrogen-bond acceptors (Lipinski definition) is 6. The van der Waals surface area contributed by atoms with Crippen LogP contribution in [-0.4, -0.2) is 39.6 Å². The molecule has 1 atom stereocenters. The van der Waals surface area contributed by atoms with Gasteiger partial charge in [0.1, 0.15) is 17.2 Å². The smallest absolute Gasteiger partial charge is 0.480 e. The summed E-state index contributed by atoms with van der Waals surface area (Å²) in [5, 5.41) is 0. The van der Waals surface area contributed by atoms with Crippen molar-refractivity contribution in [1.29, 1.82) is 0 Å². The fraction of sp³-hybridized carbons (Fsp3) is 0.625. The molecule has 1 aromatic carbocycles. The van der Waals surface area contributed by atoms with Gasteiger partial charge in [-0.1, -0.05) is 0 Å².